The van der Waals surface area contributed by atoms with Crippen LogP contribution in [0.5, 0.6) is 5.75 Å². The number of hydrogen-bond acceptors (Lipinski definition) is 5. The molecule has 1 aliphatic heterocycles. The number of amides is 1. The molecular weight excluding hydrogens is 274 g/mol. The Bertz CT molecular complexity index is 527. The van der Waals surface area contributed by atoms with Crippen molar-refractivity contribution in [3.05, 3.63) is 28.3 Å². The number of benzene rings is 1. The summed E-state index contributed by atoms with van der Waals surface area (Å²) in [5.74, 6) is 0.635. The lowest BCUT2D eigenvalue weighted by Gasteiger charge is -2.22. The molecule has 7 heteroatoms. The van der Waals surface area contributed by atoms with Crippen molar-refractivity contribution in [2.45, 2.75) is 19.3 Å². The van der Waals surface area contributed by atoms with Crippen molar-refractivity contribution in [1.29, 1.82) is 0 Å². The summed E-state index contributed by atoms with van der Waals surface area (Å²) >= 11 is 0. The highest BCUT2D eigenvalue weighted by molar-refractivity contribution is 5.92. The number of anilines is 1. The first-order chi connectivity index (χ1) is 10.1. The predicted octanol–water partition coefficient (Wildman–Crippen LogP) is 1.93. The lowest BCUT2D eigenvalue weighted by molar-refractivity contribution is -0.384. The molecule has 0 atom stereocenters. The smallest absolute Gasteiger partial charge is 0.271 e. The van der Waals surface area contributed by atoms with E-state index in [0.717, 1.165) is 25.9 Å². The van der Waals surface area contributed by atoms with Crippen LogP contribution in [-0.4, -0.2) is 31.0 Å². The number of non-ortho nitro benzene ring substituents is 1. The van der Waals surface area contributed by atoms with E-state index in [4.69, 9.17) is 4.74 Å². The van der Waals surface area contributed by atoms with Crippen LogP contribution in [0.25, 0.3) is 0 Å². The van der Waals surface area contributed by atoms with Gasteiger partial charge in [0.25, 0.3) is 5.69 Å². The van der Waals surface area contributed by atoms with Gasteiger partial charge in [0.05, 0.1) is 17.7 Å². The molecule has 2 rings (SSSR count). The second-order valence-electron chi connectivity index (χ2n) is 5.09. The summed E-state index contributed by atoms with van der Waals surface area (Å²) in [6.07, 6.45) is 2.37. The van der Waals surface area contributed by atoms with Gasteiger partial charge in [-0.3, -0.25) is 14.9 Å². The Morgan fingerprint density at radius 3 is 2.81 bits per heavy atom. The van der Waals surface area contributed by atoms with Crippen LogP contribution >= 0.6 is 0 Å². The van der Waals surface area contributed by atoms with E-state index in [0.29, 0.717) is 23.8 Å². The monoisotopic (exact) mass is 293 g/mol. The molecule has 0 bridgehead atoms. The van der Waals surface area contributed by atoms with Crippen LogP contribution in [0.4, 0.5) is 11.4 Å². The van der Waals surface area contributed by atoms with Gasteiger partial charge in [0, 0.05) is 18.6 Å². The molecule has 21 heavy (non-hydrogen) atoms. The van der Waals surface area contributed by atoms with Crippen LogP contribution < -0.4 is 15.4 Å². The second kappa shape index (κ2) is 7.03. The zero-order valence-electron chi connectivity index (χ0n) is 11.9. The number of nitrogens with zero attached hydrogens (tertiary/aromatic N) is 1. The minimum atomic E-state index is -0.498. The highest BCUT2D eigenvalue weighted by Crippen LogP contribution is 2.29. The molecule has 1 fully saturated rings. The third kappa shape index (κ3) is 4.16. The number of carbonyl (C=O) groups is 1. The van der Waals surface area contributed by atoms with E-state index in [1.54, 1.807) is 0 Å². The lowest BCUT2D eigenvalue weighted by atomic mass is 9.94. The van der Waals surface area contributed by atoms with Crippen molar-refractivity contribution < 1.29 is 14.5 Å². The Kier molecular flexibility index (Phi) is 5.10. The van der Waals surface area contributed by atoms with Gasteiger partial charge < -0.3 is 15.4 Å². The van der Waals surface area contributed by atoms with Gasteiger partial charge in [-0.05, 0) is 37.9 Å². The molecule has 0 spiro atoms. The molecule has 114 valence electrons. The van der Waals surface area contributed by atoms with Crippen LogP contribution in [0.1, 0.15) is 19.3 Å². The van der Waals surface area contributed by atoms with Gasteiger partial charge in [-0.2, -0.15) is 0 Å². The number of piperidine rings is 1. The van der Waals surface area contributed by atoms with E-state index >= 15 is 0 Å². The van der Waals surface area contributed by atoms with Crippen LogP contribution in [0.2, 0.25) is 0 Å². The number of methoxy groups -OCH3 is 1. The maximum Gasteiger partial charge on any atom is 0.271 e. The standard InChI is InChI=1S/C14H19N3O4/c1-21-13-3-2-11(17(19)20)9-12(13)16-14(18)8-10-4-6-15-7-5-10/h2-3,9-10,15H,4-8H2,1H3,(H,16,18). The first-order valence-corrected chi connectivity index (χ1v) is 6.93. The van der Waals surface area contributed by atoms with Crippen LogP contribution in [-0.2, 0) is 4.79 Å². The Morgan fingerprint density at radius 1 is 1.48 bits per heavy atom. The van der Waals surface area contributed by atoms with Crippen molar-refractivity contribution in [2.75, 3.05) is 25.5 Å². The number of rotatable bonds is 5. The fourth-order valence-corrected chi connectivity index (χ4v) is 2.46. The first kappa shape index (κ1) is 15.2. The fourth-order valence-electron chi connectivity index (χ4n) is 2.46. The average Bonchev–Trinajstić information content (AvgIpc) is 2.48. The Morgan fingerprint density at radius 2 is 2.19 bits per heavy atom. The van der Waals surface area contributed by atoms with E-state index in [1.165, 1.54) is 25.3 Å². The number of nitrogens with one attached hydrogen (secondary N) is 2. The average molecular weight is 293 g/mol. The molecule has 0 saturated carbocycles. The van der Waals surface area contributed by atoms with E-state index in [9.17, 15) is 14.9 Å². The molecule has 1 aliphatic rings. The quantitative estimate of drug-likeness (QED) is 0.639. The number of hydrogen-bond donors (Lipinski definition) is 2. The minimum Gasteiger partial charge on any atom is -0.495 e. The molecule has 2 N–H and O–H groups in total. The summed E-state index contributed by atoms with van der Waals surface area (Å²) in [4.78, 5) is 22.4. The molecule has 0 radical (unpaired) electrons. The van der Waals surface area contributed by atoms with Gasteiger partial charge in [0.15, 0.2) is 0 Å². The third-order valence-electron chi connectivity index (χ3n) is 3.60. The Hall–Kier alpha value is -2.15. The molecule has 0 aliphatic carbocycles. The molecular formula is C14H19N3O4. The van der Waals surface area contributed by atoms with E-state index < -0.39 is 4.92 Å². The summed E-state index contributed by atoms with van der Waals surface area (Å²) in [5, 5.41) is 16.8. The minimum absolute atomic E-state index is 0.0760. The van der Waals surface area contributed by atoms with Gasteiger partial charge in [0.2, 0.25) is 5.91 Å². The molecule has 1 heterocycles. The predicted molar refractivity (Wildman–Crippen MR) is 78.5 cm³/mol. The largest absolute Gasteiger partial charge is 0.495 e. The zero-order chi connectivity index (χ0) is 15.2. The summed E-state index contributed by atoms with van der Waals surface area (Å²) < 4.78 is 5.12. The molecule has 1 saturated heterocycles. The third-order valence-corrected chi connectivity index (χ3v) is 3.60. The topological polar surface area (TPSA) is 93.5 Å². The summed E-state index contributed by atoms with van der Waals surface area (Å²) in [7, 11) is 1.46. The van der Waals surface area contributed by atoms with Crippen LogP contribution in [0, 0.1) is 16.0 Å². The highest BCUT2D eigenvalue weighted by Gasteiger charge is 2.19. The van der Waals surface area contributed by atoms with Crippen LogP contribution in [0.3, 0.4) is 0 Å². The maximum absolute atomic E-state index is 12.1. The number of carbonyl (C=O) groups excluding carboxylic acids is 1. The molecule has 0 aromatic heterocycles. The maximum atomic E-state index is 12.1. The van der Waals surface area contributed by atoms with Crippen molar-refractivity contribution >= 4 is 17.3 Å². The zero-order valence-corrected chi connectivity index (χ0v) is 11.9. The van der Waals surface area contributed by atoms with E-state index in [2.05, 4.69) is 10.6 Å². The Balaban J connectivity index is 2.04. The van der Waals surface area contributed by atoms with Gasteiger partial charge in [-0.15, -0.1) is 0 Å². The first-order valence-electron chi connectivity index (χ1n) is 6.93. The molecule has 1 amide bonds. The lowest BCUT2D eigenvalue weighted by Crippen LogP contribution is -2.30. The fraction of sp³-hybridized carbons (Fsp3) is 0.500. The highest BCUT2D eigenvalue weighted by atomic mass is 16.6. The number of nitro benzene ring substituents is 1. The Labute approximate surface area is 122 Å². The summed E-state index contributed by atoms with van der Waals surface area (Å²) in [6.45, 7) is 1.86. The molecule has 7 nitrogen and oxygen atoms in total. The van der Waals surface area contributed by atoms with Gasteiger partial charge in [0.1, 0.15) is 5.75 Å². The van der Waals surface area contributed by atoms with Crippen molar-refractivity contribution in [3.63, 3.8) is 0 Å². The summed E-state index contributed by atoms with van der Waals surface area (Å²) in [5.41, 5.74) is 0.263. The van der Waals surface area contributed by atoms with Crippen molar-refractivity contribution in [1.82, 2.24) is 5.32 Å². The number of nitro groups is 1. The van der Waals surface area contributed by atoms with Crippen molar-refractivity contribution in [2.24, 2.45) is 5.92 Å². The molecule has 0 unspecified atom stereocenters. The summed E-state index contributed by atoms with van der Waals surface area (Å²) in [6, 6.07) is 4.15. The van der Waals surface area contributed by atoms with E-state index in [1.807, 2.05) is 0 Å². The number of ether oxygens (including phenoxy) is 1. The second-order valence-corrected chi connectivity index (χ2v) is 5.09. The SMILES string of the molecule is COc1ccc([N+](=O)[O-])cc1NC(=O)CC1CCNCC1. The van der Waals surface area contributed by atoms with Crippen LogP contribution in [0.15, 0.2) is 18.2 Å². The molecule has 1 aromatic rings. The molecule has 1 aromatic carbocycles. The van der Waals surface area contributed by atoms with Gasteiger partial charge >= 0.3 is 0 Å². The van der Waals surface area contributed by atoms with Gasteiger partial charge in [-0.1, -0.05) is 0 Å². The van der Waals surface area contributed by atoms with E-state index in [-0.39, 0.29) is 11.6 Å². The normalized spacial score (nSPS) is 15.5. The van der Waals surface area contributed by atoms with Crippen molar-refractivity contribution in [3.8, 4) is 5.75 Å². The van der Waals surface area contributed by atoms with Gasteiger partial charge in [-0.25, -0.2) is 0 Å².